The van der Waals surface area contributed by atoms with E-state index < -0.39 is 0 Å². The van der Waals surface area contributed by atoms with E-state index in [1.807, 2.05) is 0 Å². The maximum atomic E-state index is 6.25. The highest BCUT2D eigenvalue weighted by Gasteiger charge is 2.31. The van der Waals surface area contributed by atoms with Gasteiger partial charge in [-0.25, -0.2) is 0 Å². The van der Waals surface area contributed by atoms with Gasteiger partial charge in [0.15, 0.2) is 0 Å². The average Bonchev–Trinajstić information content (AvgIpc) is 3.12. The molecule has 3 heteroatoms. The van der Waals surface area contributed by atoms with Gasteiger partial charge in [-0.05, 0) is 53.8 Å². The van der Waals surface area contributed by atoms with Gasteiger partial charge in [-0.3, -0.25) is 4.90 Å². The SMILES string of the molecule is CC(N)C(c1ccsc1)N1CCC(c2ccccc2)C1. The molecule has 2 nitrogen and oxygen atoms in total. The summed E-state index contributed by atoms with van der Waals surface area (Å²) in [6.07, 6.45) is 1.23. The number of hydrogen-bond acceptors (Lipinski definition) is 3. The maximum absolute atomic E-state index is 6.25. The second kappa shape index (κ2) is 6.08. The molecule has 0 aliphatic carbocycles. The monoisotopic (exact) mass is 286 g/mol. The molecule has 1 aliphatic heterocycles. The van der Waals surface area contributed by atoms with E-state index in [4.69, 9.17) is 5.73 Å². The lowest BCUT2D eigenvalue weighted by Gasteiger charge is -2.30. The Morgan fingerprint density at radius 3 is 2.70 bits per heavy atom. The molecule has 2 N–H and O–H groups in total. The van der Waals surface area contributed by atoms with Crippen molar-refractivity contribution in [3.8, 4) is 0 Å². The number of nitrogens with zero attached hydrogens (tertiary/aromatic N) is 1. The van der Waals surface area contributed by atoms with Crippen LogP contribution in [0, 0.1) is 0 Å². The number of nitrogens with two attached hydrogens (primary N) is 1. The minimum atomic E-state index is 0.166. The van der Waals surface area contributed by atoms with E-state index in [1.54, 1.807) is 11.3 Å². The van der Waals surface area contributed by atoms with Crippen molar-refractivity contribution in [1.82, 2.24) is 4.90 Å². The molecule has 3 rings (SSSR count). The largest absolute Gasteiger partial charge is 0.326 e. The van der Waals surface area contributed by atoms with Crippen molar-refractivity contribution in [3.05, 3.63) is 58.3 Å². The fourth-order valence-corrected chi connectivity index (χ4v) is 4.02. The summed E-state index contributed by atoms with van der Waals surface area (Å²) in [5, 5.41) is 4.39. The summed E-state index contributed by atoms with van der Waals surface area (Å²) in [6.45, 7) is 4.38. The van der Waals surface area contributed by atoms with Crippen LogP contribution in [-0.2, 0) is 0 Å². The van der Waals surface area contributed by atoms with Crippen LogP contribution >= 0.6 is 11.3 Å². The van der Waals surface area contributed by atoms with Crippen molar-refractivity contribution >= 4 is 11.3 Å². The van der Waals surface area contributed by atoms with Gasteiger partial charge in [0.1, 0.15) is 0 Å². The minimum Gasteiger partial charge on any atom is -0.326 e. The van der Waals surface area contributed by atoms with Crippen molar-refractivity contribution in [2.45, 2.75) is 31.3 Å². The van der Waals surface area contributed by atoms with Crippen LogP contribution in [0.4, 0.5) is 0 Å². The van der Waals surface area contributed by atoms with E-state index in [0.717, 1.165) is 13.1 Å². The molecule has 0 radical (unpaired) electrons. The lowest BCUT2D eigenvalue weighted by molar-refractivity contribution is 0.217. The van der Waals surface area contributed by atoms with Crippen LogP contribution < -0.4 is 5.73 Å². The van der Waals surface area contributed by atoms with Crippen molar-refractivity contribution in [2.75, 3.05) is 13.1 Å². The molecule has 0 saturated carbocycles. The Morgan fingerprint density at radius 1 is 1.25 bits per heavy atom. The van der Waals surface area contributed by atoms with Crippen LogP contribution in [0.15, 0.2) is 47.2 Å². The Bertz CT molecular complexity index is 521. The van der Waals surface area contributed by atoms with Gasteiger partial charge in [0.25, 0.3) is 0 Å². The van der Waals surface area contributed by atoms with Crippen LogP contribution in [0.3, 0.4) is 0 Å². The Kier molecular flexibility index (Phi) is 4.20. The van der Waals surface area contributed by atoms with Crippen molar-refractivity contribution < 1.29 is 0 Å². The first-order chi connectivity index (χ1) is 9.75. The van der Waals surface area contributed by atoms with Crippen LogP contribution in [0.1, 0.15) is 36.4 Å². The normalized spacial score (nSPS) is 22.8. The zero-order chi connectivity index (χ0) is 13.9. The zero-order valence-electron chi connectivity index (χ0n) is 11.9. The fraction of sp³-hybridized carbons (Fsp3) is 0.412. The van der Waals surface area contributed by atoms with Gasteiger partial charge >= 0.3 is 0 Å². The molecular weight excluding hydrogens is 264 g/mol. The van der Waals surface area contributed by atoms with E-state index in [9.17, 15) is 0 Å². The predicted molar refractivity (Wildman–Crippen MR) is 86.1 cm³/mol. The number of rotatable bonds is 4. The second-order valence-corrected chi connectivity index (χ2v) is 6.53. The van der Waals surface area contributed by atoms with E-state index in [2.05, 4.69) is 59.0 Å². The second-order valence-electron chi connectivity index (χ2n) is 5.75. The first-order valence-corrected chi connectivity index (χ1v) is 8.26. The van der Waals surface area contributed by atoms with E-state index in [1.165, 1.54) is 17.5 Å². The van der Waals surface area contributed by atoms with Crippen LogP contribution in [0.5, 0.6) is 0 Å². The standard InChI is InChI=1S/C17H22N2S/c1-13(18)17(16-8-10-20-12-16)19-9-7-15(11-19)14-5-3-2-4-6-14/h2-6,8,10,12-13,15,17H,7,9,11,18H2,1H3. The molecule has 1 saturated heterocycles. The minimum absolute atomic E-state index is 0.166. The van der Waals surface area contributed by atoms with Gasteiger partial charge in [0.05, 0.1) is 6.04 Å². The molecular formula is C17H22N2S. The summed E-state index contributed by atoms with van der Waals surface area (Å²) >= 11 is 1.76. The summed E-state index contributed by atoms with van der Waals surface area (Å²) < 4.78 is 0. The quantitative estimate of drug-likeness (QED) is 0.930. The molecule has 0 bridgehead atoms. The van der Waals surface area contributed by atoms with Gasteiger partial charge < -0.3 is 5.73 Å². The van der Waals surface area contributed by atoms with Crippen LogP contribution in [0.2, 0.25) is 0 Å². The lowest BCUT2D eigenvalue weighted by Crippen LogP contribution is -2.38. The van der Waals surface area contributed by atoms with Gasteiger partial charge in [-0.15, -0.1) is 0 Å². The number of benzene rings is 1. The summed E-state index contributed by atoms with van der Waals surface area (Å²) in [6, 6.07) is 13.6. The molecule has 0 amide bonds. The summed E-state index contributed by atoms with van der Waals surface area (Å²) in [5.41, 5.74) is 9.09. The molecule has 1 fully saturated rings. The molecule has 1 aliphatic rings. The van der Waals surface area contributed by atoms with E-state index in [0.29, 0.717) is 12.0 Å². The van der Waals surface area contributed by atoms with Crippen molar-refractivity contribution in [1.29, 1.82) is 0 Å². The molecule has 3 unspecified atom stereocenters. The molecule has 2 heterocycles. The van der Waals surface area contributed by atoms with Crippen molar-refractivity contribution in [2.24, 2.45) is 5.73 Å². The Hall–Kier alpha value is -1.16. The zero-order valence-corrected chi connectivity index (χ0v) is 12.7. The summed E-state index contributed by atoms with van der Waals surface area (Å²) in [7, 11) is 0. The van der Waals surface area contributed by atoms with Gasteiger partial charge in [-0.1, -0.05) is 30.3 Å². The third kappa shape index (κ3) is 2.80. The molecule has 2 aromatic rings. The number of thiophene rings is 1. The van der Waals surface area contributed by atoms with Crippen LogP contribution in [0.25, 0.3) is 0 Å². The molecule has 3 atom stereocenters. The van der Waals surface area contributed by atoms with E-state index in [-0.39, 0.29) is 6.04 Å². The third-order valence-corrected chi connectivity index (χ3v) is 4.97. The Balaban J connectivity index is 1.75. The predicted octanol–water partition coefficient (Wildman–Crippen LogP) is 3.63. The van der Waals surface area contributed by atoms with Crippen LogP contribution in [-0.4, -0.2) is 24.0 Å². The van der Waals surface area contributed by atoms with Gasteiger partial charge in [0, 0.05) is 12.6 Å². The molecule has 20 heavy (non-hydrogen) atoms. The first kappa shape index (κ1) is 13.8. The summed E-state index contributed by atoms with van der Waals surface area (Å²) in [5.74, 6) is 0.649. The van der Waals surface area contributed by atoms with E-state index >= 15 is 0 Å². The summed E-state index contributed by atoms with van der Waals surface area (Å²) in [4.78, 5) is 2.56. The Labute approximate surface area is 125 Å². The highest BCUT2D eigenvalue weighted by molar-refractivity contribution is 7.07. The molecule has 0 spiro atoms. The average molecular weight is 286 g/mol. The van der Waals surface area contributed by atoms with Crippen molar-refractivity contribution in [3.63, 3.8) is 0 Å². The van der Waals surface area contributed by atoms with Gasteiger partial charge in [-0.2, -0.15) is 11.3 Å². The molecule has 1 aromatic heterocycles. The first-order valence-electron chi connectivity index (χ1n) is 7.32. The fourth-order valence-electron chi connectivity index (χ4n) is 3.33. The molecule has 1 aromatic carbocycles. The lowest BCUT2D eigenvalue weighted by atomic mass is 9.98. The highest BCUT2D eigenvalue weighted by Crippen LogP contribution is 2.34. The highest BCUT2D eigenvalue weighted by atomic mass is 32.1. The topological polar surface area (TPSA) is 29.3 Å². The Morgan fingerprint density at radius 2 is 2.05 bits per heavy atom. The maximum Gasteiger partial charge on any atom is 0.0504 e. The third-order valence-electron chi connectivity index (χ3n) is 4.27. The smallest absolute Gasteiger partial charge is 0.0504 e. The van der Waals surface area contributed by atoms with Gasteiger partial charge in [0.2, 0.25) is 0 Å². The molecule has 106 valence electrons. The number of likely N-dealkylation sites (tertiary alicyclic amines) is 1. The number of hydrogen-bond donors (Lipinski definition) is 1.